The number of aromatic nitrogens is 5. The summed E-state index contributed by atoms with van der Waals surface area (Å²) in [7, 11) is 1.37. The largest absolute Gasteiger partial charge is 0.469 e. The van der Waals surface area contributed by atoms with Crippen LogP contribution in [0.1, 0.15) is 18.4 Å². The van der Waals surface area contributed by atoms with Gasteiger partial charge in [0.05, 0.1) is 39.8 Å². The predicted octanol–water partition coefficient (Wildman–Crippen LogP) is 4.39. The molecule has 0 aliphatic rings. The Morgan fingerprint density at radius 2 is 2.07 bits per heavy atom. The maximum Gasteiger partial charge on any atom is 0.312 e. The zero-order valence-corrected chi connectivity index (χ0v) is 16.5. The molecule has 0 bridgehead atoms. The van der Waals surface area contributed by atoms with Gasteiger partial charge in [0.1, 0.15) is 6.33 Å². The molecule has 4 rings (SSSR count). The van der Waals surface area contributed by atoms with E-state index < -0.39 is 0 Å². The molecule has 1 unspecified atom stereocenters. The molecule has 1 atom stereocenters. The summed E-state index contributed by atoms with van der Waals surface area (Å²) in [4.78, 5) is 19.6. The first-order valence-corrected chi connectivity index (χ1v) is 9.17. The number of halogens is 2. The number of nitrogens with one attached hydrogen (secondary N) is 1. The van der Waals surface area contributed by atoms with Crippen LogP contribution in [0.15, 0.2) is 42.7 Å². The van der Waals surface area contributed by atoms with Crippen molar-refractivity contribution in [2.45, 2.75) is 12.8 Å². The van der Waals surface area contributed by atoms with Gasteiger partial charge in [-0.3, -0.25) is 9.36 Å². The molecule has 0 aliphatic carbocycles. The topological polar surface area (TPSA) is 85.7 Å². The summed E-state index contributed by atoms with van der Waals surface area (Å²) in [5.74, 6) is 0.332. The van der Waals surface area contributed by atoms with Crippen LogP contribution in [0.3, 0.4) is 0 Å². The van der Waals surface area contributed by atoms with E-state index in [0.717, 1.165) is 16.6 Å². The van der Waals surface area contributed by atoms with E-state index in [4.69, 9.17) is 27.9 Å². The number of methoxy groups -OCH3 is 1. The monoisotopic (exact) mass is 415 g/mol. The molecule has 0 fully saturated rings. The van der Waals surface area contributed by atoms with Crippen LogP contribution in [-0.4, -0.2) is 37.8 Å². The van der Waals surface area contributed by atoms with Gasteiger partial charge < -0.3 is 9.72 Å². The first kappa shape index (κ1) is 18.5. The summed E-state index contributed by atoms with van der Waals surface area (Å²) >= 11 is 12.5. The van der Waals surface area contributed by atoms with Crippen LogP contribution in [-0.2, 0) is 9.53 Å². The average Bonchev–Trinajstić information content (AvgIpc) is 3.34. The van der Waals surface area contributed by atoms with Gasteiger partial charge in [0.25, 0.3) is 0 Å². The Labute approximate surface area is 170 Å². The second-order valence-electron chi connectivity index (χ2n) is 6.20. The lowest BCUT2D eigenvalue weighted by Crippen LogP contribution is -2.10. The van der Waals surface area contributed by atoms with Crippen LogP contribution >= 0.6 is 23.2 Å². The van der Waals surface area contributed by atoms with Crippen molar-refractivity contribution in [3.63, 3.8) is 0 Å². The second-order valence-corrected chi connectivity index (χ2v) is 6.99. The summed E-state index contributed by atoms with van der Waals surface area (Å²) in [6.07, 6.45) is 1.55. The Morgan fingerprint density at radius 3 is 2.86 bits per heavy atom. The standard InChI is InChI=1S/C19H15Cl2N5O2/c1-10(19(27)28-2)11-6-7-13-14(8-11)24-17(23-13)18-25-22-9-26(18)15-5-3-4-12(20)16(15)21/h3-10H,1-2H3,(H,23,24). The van der Waals surface area contributed by atoms with Crippen molar-refractivity contribution in [1.82, 2.24) is 24.7 Å². The molecule has 0 saturated heterocycles. The fraction of sp³-hybridized carbons (Fsp3) is 0.158. The lowest BCUT2D eigenvalue weighted by Gasteiger charge is -2.08. The van der Waals surface area contributed by atoms with E-state index in [1.165, 1.54) is 7.11 Å². The number of aromatic amines is 1. The minimum Gasteiger partial charge on any atom is -0.469 e. The fourth-order valence-electron chi connectivity index (χ4n) is 2.97. The average molecular weight is 416 g/mol. The number of esters is 1. The van der Waals surface area contributed by atoms with Crippen LogP contribution in [0.5, 0.6) is 0 Å². The summed E-state index contributed by atoms with van der Waals surface area (Å²) in [6, 6.07) is 10.9. The molecule has 0 amide bonds. The Morgan fingerprint density at radius 1 is 1.25 bits per heavy atom. The molecule has 4 aromatic rings. The van der Waals surface area contributed by atoms with Gasteiger partial charge in [-0.05, 0) is 36.8 Å². The Kier molecular flexibility index (Phi) is 4.78. The van der Waals surface area contributed by atoms with Crippen LogP contribution < -0.4 is 0 Å². The van der Waals surface area contributed by atoms with Crippen molar-refractivity contribution in [2.24, 2.45) is 0 Å². The number of fused-ring (bicyclic) bond motifs is 1. The Hall–Kier alpha value is -2.90. The molecule has 0 radical (unpaired) electrons. The number of hydrogen-bond donors (Lipinski definition) is 1. The summed E-state index contributed by atoms with van der Waals surface area (Å²) in [5, 5.41) is 8.99. The molecule has 0 aliphatic heterocycles. The van der Waals surface area contributed by atoms with Crippen molar-refractivity contribution in [3.8, 4) is 17.3 Å². The highest BCUT2D eigenvalue weighted by Crippen LogP contribution is 2.31. The number of H-pyrrole nitrogens is 1. The van der Waals surface area contributed by atoms with E-state index in [9.17, 15) is 4.79 Å². The number of ether oxygens (including phenoxy) is 1. The van der Waals surface area contributed by atoms with Crippen molar-refractivity contribution in [3.05, 3.63) is 58.3 Å². The number of nitrogens with zero attached hydrogens (tertiary/aromatic N) is 4. The predicted molar refractivity (Wildman–Crippen MR) is 107 cm³/mol. The lowest BCUT2D eigenvalue weighted by atomic mass is 10.0. The molecule has 7 nitrogen and oxygen atoms in total. The highest BCUT2D eigenvalue weighted by molar-refractivity contribution is 6.43. The van der Waals surface area contributed by atoms with Gasteiger partial charge in [0.15, 0.2) is 5.82 Å². The van der Waals surface area contributed by atoms with Gasteiger partial charge in [-0.2, -0.15) is 0 Å². The van der Waals surface area contributed by atoms with Gasteiger partial charge in [0, 0.05) is 0 Å². The van der Waals surface area contributed by atoms with E-state index >= 15 is 0 Å². The van der Waals surface area contributed by atoms with Crippen LogP contribution in [0, 0.1) is 0 Å². The molecule has 142 valence electrons. The number of hydrogen-bond acceptors (Lipinski definition) is 5. The molecular weight excluding hydrogens is 401 g/mol. The molecular formula is C19H15Cl2N5O2. The smallest absolute Gasteiger partial charge is 0.312 e. The lowest BCUT2D eigenvalue weighted by molar-refractivity contribution is -0.141. The highest BCUT2D eigenvalue weighted by Gasteiger charge is 2.19. The quantitative estimate of drug-likeness (QED) is 0.499. The number of imidazole rings is 1. The number of benzene rings is 2. The minimum absolute atomic E-state index is 0.297. The summed E-state index contributed by atoms with van der Waals surface area (Å²) < 4.78 is 6.53. The number of carbonyl (C=O) groups is 1. The van der Waals surface area contributed by atoms with Crippen LogP contribution in [0.4, 0.5) is 0 Å². The van der Waals surface area contributed by atoms with E-state index in [1.807, 2.05) is 24.3 Å². The van der Waals surface area contributed by atoms with Crippen molar-refractivity contribution >= 4 is 40.2 Å². The van der Waals surface area contributed by atoms with Crippen molar-refractivity contribution in [2.75, 3.05) is 7.11 Å². The SMILES string of the molecule is COC(=O)C(C)c1ccc2nc(-c3nncn3-c3cccc(Cl)c3Cl)[nH]c2c1. The highest BCUT2D eigenvalue weighted by atomic mass is 35.5. The van der Waals surface area contributed by atoms with Crippen molar-refractivity contribution in [1.29, 1.82) is 0 Å². The first-order valence-electron chi connectivity index (χ1n) is 8.42. The van der Waals surface area contributed by atoms with E-state index in [0.29, 0.717) is 27.4 Å². The fourth-order valence-corrected chi connectivity index (χ4v) is 3.35. The maximum atomic E-state index is 11.8. The van der Waals surface area contributed by atoms with Gasteiger partial charge in [0.2, 0.25) is 5.82 Å². The van der Waals surface area contributed by atoms with Crippen molar-refractivity contribution < 1.29 is 9.53 Å². The van der Waals surface area contributed by atoms with Crippen LogP contribution in [0.2, 0.25) is 10.0 Å². The van der Waals surface area contributed by atoms with E-state index in [-0.39, 0.29) is 11.9 Å². The number of rotatable bonds is 4. The zero-order chi connectivity index (χ0) is 19.8. The Balaban J connectivity index is 1.78. The maximum absolute atomic E-state index is 11.8. The summed E-state index contributed by atoms with van der Waals surface area (Å²) in [5.41, 5.74) is 2.99. The summed E-state index contributed by atoms with van der Waals surface area (Å²) in [6.45, 7) is 1.79. The third kappa shape index (κ3) is 3.12. The normalized spacial score (nSPS) is 12.3. The first-order chi connectivity index (χ1) is 13.5. The molecule has 2 heterocycles. The molecule has 2 aromatic carbocycles. The molecule has 28 heavy (non-hydrogen) atoms. The van der Waals surface area contributed by atoms with E-state index in [1.54, 1.807) is 30.0 Å². The third-order valence-corrected chi connectivity index (χ3v) is 5.32. The minimum atomic E-state index is -0.380. The molecule has 9 heteroatoms. The molecule has 2 aromatic heterocycles. The Bertz CT molecular complexity index is 1180. The number of carbonyl (C=O) groups excluding carboxylic acids is 1. The molecule has 0 spiro atoms. The molecule has 1 N–H and O–H groups in total. The van der Waals surface area contributed by atoms with E-state index in [2.05, 4.69) is 20.2 Å². The van der Waals surface area contributed by atoms with Gasteiger partial charge in [-0.25, -0.2) is 4.98 Å². The second kappa shape index (κ2) is 7.26. The zero-order valence-electron chi connectivity index (χ0n) is 15.0. The van der Waals surface area contributed by atoms with Gasteiger partial charge >= 0.3 is 5.97 Å². The van der Waals surface area contributed by atoms with Gasteiger partial charge in [-0.1, -0.05) is 35.3 Å². The molecule has 0 saturated carbocycles. The van der Waals surface area contributed by atoms with Crippen LogP contribution in [0.25, 0.3) is 28.4 Å². The third-order valence-electron chi connectivity index (χ3n) is 4.51. The van der Waals surface area contributed by atoms with Gasteiger partial charge in [-0.15, -0.1) is 10.2 Å².